The lowest BCUT2D eigenvalue weighted by molar-refractivity contribution is 0.639. The van der Waals surface area contributed by atoms with Crippen molar-refractivity contribution in [2.45, 2.75) is 6.17 Å². The van der Waals surface area contributed by atoms with Gasteiger partial charge < -0.3 is 14.3 Å². The first-order valence-corrected chi connectivity index (χ1v) is 18.5. The third-order valence-electron chi connectivity index (χ3n) is 11.4. The Labute approximate surface area is 309 Å². The van der Waals surface area contributed by atoms with Crippen molar-refractivity contribution < 1.29 is 4.42 Å². The van der Waals surface area contributed by atoms with Crippen molar-refractivity contribution in [3.63, 3.8) is 0 Å². The summed E-state index contributed by atoms with van der Waals surface area (Å²) < 4.78 is 8.66. The molecule has 252 valence electrons. The van der Waals surface area contributed by atoms with Crippen LogP contribution < -0.4 is 15.9 Å². The summed E-state index contributed by atoms with van der Waals surface area (Å²) in [5.41, 5.74) is 8.63. The standard InChI is InChI=1S/C50H31N3O/c1-3-13-33-30(11-1)21-25-43-47(33)48-34-14-4-2-12-31(34)22-26-44(48)53(43)42-27-24-38(35-15-5-6-16-36(35)42)50-51-41-19-9-7-18-39(41)49(52-50)32-23-28-46-40(29-32)37-17-8-10-20-45(37)54-46/h1-29,50,52H. The first kappa shape index (κ1) is 29.4. The second-order valence-electron chi connectivity index (χ2n) is 14.3. The Morgan fingerprint density at radius 2 is 1.09 bits per heavy atom. The topological polar surface area (TPSA) is 42.5 Å². The van der Waals surface area contributed by atoms with Crippen LogP contribution in [0.15, 0.2) is 185 Å². The summed E-state index contributed by atoms with van der Waals surface area (Å²) in [6.07, 6.45) is -0.295. The smallest absolute Gasteiger partial charge is 0.146 e. The van der Waals surface area contributed by atoms with Gasteiger partial charge in [0.15, 0.2) is 0 Å². The zero-order valence-electron chi connectivity index (χ0n) is 29.1. The number of benzene rings is 9. The lowest BCUT2D eigenvalue weighted by Gasteiger charge is -2.25. The molecule has 54 heavy (non-hydrogen) atoms. The molecular weight excluding hydrogens is 659 g/mol. The second kappa shape index (κ2) is 11.2. The van der Waals surface area contributed by atoms with Crippen LogP contribution in [0.3, 0.4) is 0 Å². The number of aromatic nitrogens is 1. The normalized spacial score (nSPS) is 14.4. The van der Waals surface area contributed by atoms with E-state index in [0.717, 1.165) is 55.0 Å². The minimum Gasteiger partial charge on any atom is -0.456 e. The van der Waals surface area contributed by atoms with Crippen LogP contribution in [0.5, 0.6) is 0 Å². The molecule has 1 aliphatic heterocycles. The van der Waals surface area contributed by atoms with Gasteiger partial charge in [-0.25, -0.2) is 0 Å². The maximum atomic E-state index is 6.19. The number of fused-ring (bicyclic) bond motifs is 12. The molecule has 0 amide bonds. The van der Waals surface area contributed by atoms with Crippen molar-refractivity contribution in [1.82, 2.24) is 9.88 Å². The van der Waals surface area contributed by atoms with Crippen LogP contribution in [0.4, 0.5) is 0 Å². The summed E-state index contributed by atoms with van der Waals surface area (Å²) in [4.78, 5) is 5.35. The first-order valence-electron chi connectivity index (χ1n) is 18.5. The number of hydrogen-bond donors (Lipinski definition) is 1. The lowest BCUT2D eigenvalue weighted by atomic mass is 9.98. The highest BCUT2D eigenvalue weighted by Crippen LogP contribution is 2.42. The highest BCUT2D eigenvalue weighted by Gasteiger charge is 2.23. The van der Waals surface area contributed by atoms with Crippen LogP contribution in [0.25, 0.3) is 87.4 Å². The van der Waals surface area contributed by atoms with Crippen LogP contribution in [-0.4, -0.2) is 4.57 Å². The zero-order chi connectivity index (χ0) is 35.3. The van der Waals surface area contributed by atoms with Gasteiger partial charge in [-0.1, -0.05) is 127 Å². The van der Waals surface area contributed by atoms with E-state index in [1.165, 1.54) is 54.1 Å². The summed E-state index contributed by atoms with van der Waals surface area (Å²) in [6, 6.07) is 63.2. The predicted octanol–water partition coefficient (Wildman–Crippen LogP) is 11.2. The van der Waals surface area contributed by atoms with Crippen molar-refractivity contribution in [3.05, 3.63) is 198 Å². The third-order valence-corrected chi connectivity index (χ3v) is 11.4. The molecule has 0 bridgehead atoms. The van der Waals surface area contributed by atoms with Crippen molar-refractivity contribution in [2.75, 3.05) is 0 Å². The summed E-state index contributed by atoms with van der Waals surface area (Å²) in [5.74, 6) is 0. The molecule has 0 radical (unpaired) electrons. The van der Waals surface area contributed by atoms with E-state index < -0.39 is 0 Å². The molecule has 0 fully saturated rings. The Morgan fingerprint density at radius 1 is 0.481 bits per heavy atom. The predicted molar refractivity (Wildman–Crippen MR) is 223 cm³/mol. The Morgan fingerprint density at radius 3 is 1.85 bits per heavy atom. The molecule has 4 heteroatoms. The molecule has 4 nitrogen and oxygen atoms in total. The summed E-state index contributed by atoms with van der Waals surface area (Å²) in [5, 5.41) is 18.1. The second-order valence-corrected chi connectivity index (χ2v) is 14.3. The van der Waals surface area contributed by atoms with Gasteiger partial charge in [0.25, 0.3) is 0 Å². The maximum absolute atomic E-state index is 6.19. The molecule has 3 heterocycles. The van der Waals surface area contributed by atoms with E-state index in [9.17, 15) is 0 Å². The average molecular weight is 690 g/mol. The van der Waals surface area contributed by atoms with Gasteiger partial charge in [0.05, 0.1) is 27.8 Å². The van der Waals surface area contributed by atoms with Crippen molar-refractivity contribution in [2.24, 2.45) is 4.99 Å². The molecule has 1 atom stereocenters. The number of nitrogens with zero attached hydrogens (tertiary/aromatic N) is 2. The van der Waals surface area contributed by atoms with Crippen LogP contribution in [0, 0.1) is 0 Å². The van der Waals surface area contributed by atoms with Crippen LogP contribution in [0.2, 0.25) is 0 Å². The van der Waals surface area contributed by atoms with E-state index in [4.69, 9.17) is 9.41 Å². The number of hydrogen-bond acceptors (Lipinski definition) is 3. The molecule has 0 saturated heterocycles. The molecule has 12 rings (SSSR count). The van der Waals surface area contributed by atoms with E-state index in [1.54, 1.807) is 0 Å². The summed E-state index contributed by atoms with van der Waals surface area (Å²) >= 11 is 0. The SMILES string of the molecule is c1ccc2c(c1)=NC(c1ccc(-n3c4ccc5ccccc5c4c4c5ccccc5ccc43)c3ccccc13)NC=2c1ccc2oc3ccccc3c2c1. The van der Waals surface area contributed by atoms with Crippen LogP contribution >= 0.6 is 0 Å². The quantitative estimate of drug-likeness (QED) is 0.201. The average Bonchev–Trinajstić information content (AvgIpc) is 3.79. The Hall–Kier alpha value is -7.17. The van der Waals surface area contributed by atoms with Crippen molar-refractivity contribution in [3.8, 4) is 5.69 Å². The number of furan rings is 1. The van der Waals surface area contributed by atoms with Crippen LogP contribution in [0.1, 0.15) is 17.3 Å². The molecule has 2 aromatic heterocycles. The highest BCUT2D eigenvalue weighted by molar-refractivity contribution is 6.28. The molecule has 1 unspecified atom stereocenters. The van der Waals surface area contributed by atoms with E-state index in [2.05, 4.69) is 174 Å². The minimum atomic E-state index is -0.295. The summed E-state index contributed by atoms with van der Waals surface area (Å²) in [7, 11) is 0. The van der Waals surface area contributed by atoms with E-state index in [0.29, 0.717) is 0 Å². The monoisotopic (exact) mass is 689 g/mol. The minimum absolute atomic E-state index is 0.295. The van der Waals surface area contributed by atoms with Crippen LogP contribution in [-0.2, 0) is 0 Å². The fraction of sp³-hybridized carbons (Fsp3) is 0.0200. The van der Waals surface area contributed by atoms with Gasteiger partial charge >= 0.3 is 0 Å². The molecule has 0 saturated carbocycles. The molecule has 1 N–H and O–H groups in total. The van der Waals surface area contributed by atoms with Gasteiger partial charge in [0, 0.05) is 37.7 Å². The first-order chi connectivity index (χ1) is 26.8. The molecule has 0 spiro atoms. The fourth-order valence-corrected chi connectivity index (χ4v) is 9.00. The Bertz CT molecular complexity index is 3400. The largest absolute Gasteiger partial charge is 0.456 e. The van der Waals surface area contributed by atoms with Gasteiger partial charge in [0.1, 0.15) is 17.3 Å². The Balaban J connectivity index is 1.08. The maximum Gasteiger partial charge on any atom is 0.146 e. The number of nitrogens with one attached hydrogen (secondary N) is 1. The molecule has 9 aromatic carbocycles. The van der Waals surface area contributed by atoms with Gasteiger partial charge in [-0.05, 0) is 81.0 Å². The molecule has 11 aromatic rings. The van der Waals surface area contributed by atoms with E-state index >= 15 is 0 Å². The molecular formula is C50H31N3O. The molecule has 1 aliphatic rings. The zero-order valence-corrected chi connectivity index (χ0v) is 29.1. The van der Waals surface area contributed by atoms with Crippen molar-refractivity contribution >= 4 is 81.8 Å². The lowest BCUT2D eigenvalue weighted by Crippen LogP contribution is -2.39. The third kappa shape index (κ3) is 4.16. The van der Waals surface area contributed by atoms with E-state index in [-0.39, 0.29) is 6.17 Å². The summed E-state index contributed by atoms with van der Waals surface area (Å²) in [6.45, 7) is 0. The van der Waals surface area contributed by atoms with E-state index in [1.807, 2.05) is 12.1 Å². The van der Waals surface area contributed by atoms with Gasteiger partial charge in [-0.15, -0.1) is 0 Å². The van der Waals surface area contributed by atoms with Gasteiger partial charge in [-0.3, -0.25) is 4.99 Å². The highest BCUT2D eigenvalue weighted by atomic mass is 16.3. The Kier molecular flexibility index (Phi) is 6.08. The number of para-hydroxylation sites is 2. The van der Waals surface area contributed by atoms with Gasteiger partial charge in [-0.2, -0.15) is 0 Å². The fourth-order valence-electron chi connectivity index (χ4n) is 9.00. The van der Waals surface area contributed by atoms with Crippen molar-refractivity contribution in [1.29, 1.82) is 0 Å². The molecule has 0 aliphatic carbocycles. The van der Waals surface area contributed by atoms with Gasteiger partial charge in [0.2, 0.25) is 0 Å². The number of rotatable bonds is 3.